The summed E-state index contributed by atoms with van der Waals surface area (Å²) in [6.45, 7) is 18.0. The van der Waals surface area contributed by atoms with Crippen LogP contribution in [0.2, 0.25) is 0 Å². The van der Waals surface area contributed by atoms with Gasteiger partial charge >= 0.3 is 0 Å². The van der Waals surface area contributed by atoms with Crippen LogP contribution < -0.4 is 0 Å². The van der Waals surface area contributed by atoms with Gasteiger partial charge in [-0.15, -0.1) is 0 Å². The van der Waals surface area contributed by atoms with Crippen molar-refractivity contribution in [1.29, 1.82) is 0 Å². The van der Waals surface area contributed by atoms with E-state index < -0.39 is 9.84 Å². The van der Waals surface area contributed by atoms with Crippen molar-refractivity contribution in [2.24, 2.45) is 10.8 Å². The Balaban J connectivity index is 3.10. The molecule has 0 amide bonds. The van der Waals surface area contributed by atoms with Gasteiger partial charge in [0.15, 0.2) is 0 Å². The van der Waals surface area contributed by atoms with Crippen LogP contribution in [-0.4, -0.2) is 8.42 Å². The molecule has 0 unspecified atom stereocenters. The van der Waals surface area contributed by atoms with Gasteiger partial charge in [0.2, 0.25) is 9.84 Å². The molecular formula is C29H34O2S. The van der Waals surface area contributed by atoms with Crippen molar-refractivity contribution in [3.8, 4) is 23.7 Å². The third-order valence-electron chi connectivity index (χ3n) is 4.59. The van der Waals surface area contributed by atoms with E-state index in [9.17, 15) is 8.42 Å². The first-order chi connectivity index (χ1) is 14.6. The number of hydrogen-bond acceptors (Lipinski definition) is 2. The third-order valence-corrected chi connectivity index (χ3v) is 6.33. The summed E-state index contributed by atoms with van der Waals surface area (Å²) < 4.78 is 27.7. The van der Waals surface area contributed by atoms with Crippen LogP contribution in [0.15, 0.2) is 52.3 Å². The molecule has 0 atom stereocenters. The SMILES string of the molecule is Cc1cc(C)c(C(C#CC(C)(C)C)=C(C#CC(C)(C)C)S(=O)(=O)c2ccccc2)c(C)c1. The van der Waals surface area contributed by atoms with Gasteiger partial charge in [-0.2, -0.15) is 0 Å². The van der Waals surface area contributed by atoms with Crippen molar-refractivity contribution in [3.05, 3.63) is 69.6 Å². The summed E-state index contributed by atoms with van der Waals surface area (Å²) >= 11 is 0. The number of sulfone groups is 1. The highest BCUT2D eigenvalue weighted by atomic mass is 32.2. The molecule has 2 aromatic rings. The summed E-state index contributed by atoms with van der Waals surface area (Å²) in [5, 5.41) is 0. The molecule has 168 valence electrons. The number of aryl methyl sites for hydroxylation is 3. The van der Waals surface area contributed by atoms with Crippen LogP contribution in [0.25, 0.3) is 5.57 Å². The molecule has 0 saturated heterocycles. The van der Waals surface area contributed by atoms with E-state index in [1.54, 1.807) is 30.3 Å². The highest BCUT2D eigenvalue weighted by molar-refractivity contribution is 7.95. The molecule has 2 aromatic carbocycles. The fourth-order valence-electron chi connectivity index (χ4n) is 3.28. The van der Waals surface area contributed by atoms with Gasteiger partial charge in [-0.25, -0.2) is 8.42 Å². The van der Waals surface area contributed by atoms with E-state index >= 15 is 0 Å². The second-order valence-electron chi connectivity index (χ2n) is 10.3. The molecule has 2 rings (SSSR count). The quantitative estimate of drug-likeness (QED) is 0.481. The van der Waals surface area contributed by atoms with Crippen molar-refractivity contribution in [1.82, 2.24) is 0 Å². The Bertz CT molecular complexity index is 1230. The lowest BCUT2D eigenvalue weighted by Gasteiger charge is -2.16. The van der Waals surface area contributed by atoms with E-state index in [0.717, 1.165) is 22.3 Å². The maximum Gasteiger partial charge on any atom is 0.215 e. The number of hydrogen-bond donors (Lipinski definition) is 0. The van der Waals surface area contributed by atoms with Crippen molar-refractivity contribution >= 4 is 15.4 Å². The topological polar surface area (TPSA) is 34.1 Å². The molecule has 0 N–H and O–H groups in total. The first-order valence-corrected chi connectivity index (χ1v) is 12.3. The summed E-state index contributed by atoms with van der Waals surface area (Å²) in [7, 11) is -3.88. The van der Waals surface area contributed by atoms with Gasteiger partial charge in [0.25, 0.3) is 0 Å². The van der Waals surface area contributed by atoms with Gasteiger partial charge in [-0.05, 0) is 91.1 Å². The van der Waals surface area contributed by atoms with Crippen molar-refractivity contribution in [3.63, 3.8) is 0 Å². The summed E-state index contributed by atoms with van der Waals surface area (Å²) in [6, 6.07) is 12.6. The molecule has 3 heteroatoms. The van der Waals surface area contributed by atoms with E-state index in [1.807, 2.05) is 62.3 Å². The lowest BCUT2D eigenvalue weighted by molar-refractivity contribution is 0.570. The minimum absolute atomic E-state index is 0.0606. The molecule has 0 saturated carbocycles. The number of allylic oxidation sites excluding steroid dienone is 2. The van der Waals surface area contributed by atoms with E-state index in [-0.39, 0.29) is 20.6 Å². The molecule has 0 radical (unpaired) electrons. The molecule has 0 aliphatic carbocycles. The Labute approximate surface area is 195 Å². The normalized spacial score (nSPS) is 12.8. The van der Waals surface area contributed by atoms with Gasteiger partial charge in [0, 0.05) is 10.8 Å². The second-order valence-corrected chi connectivity index (χ2v) is 12.2. The second kappa shape index (κ2) is 9.40. The molecule has 0 bridgehead atoms. The van der Waals surface area contributed by atoms with Gasteiger partial charge < -0.3 is 0 Å². The average Bonchev–Trinajstić information content (AvgIpc) is 2.63. The Morgan fingerprint density at radius 3 is 1.69 bits per heavy atom. The zero-order valence-electron chi connectivity index (χ0n) is 20.8. The zero-order valence-corrected chi connectivity index (χ0v) is 21.6. The molecule has 0 fully saturated rings. The van der Waals surface area contributed by atoms with Gasteiger partial charge in [0.05, 0.1) is 10.5 Å². The Morgan fingerprint density at radius 2 is 1.22 bits per heavy atom. The maximum absolute atomic E-state index is 13.8. The van der Waals surface area contributed by atoms with Crippen molar-refractivity contribution in [2.45, 2.75) is 67.2 Å². The first-order valence-electron chi connectivity index (χ1n) is 10.8. The molecule has 0 heterocycles. The van der Waals surface area contributed by atoms with Crippen LogP contribution in [-0.2, 0) is 9.84 Å². The summed E-state index contributed by atoms with van der Waals surface area (Å²) in [4.78, 5) is 0.279. The Hall–Kier alpha value is -2.75. The van der Waals surface area contributed by atoms with Gasteiger partial charge in [-0.3, -0.25) is 0 Å². The highest BCUT2D eigenvalue weighted by Gasteiger charge is 2.26. The third kappa shape index (κ3) is 6.62. The van der Waals surface area contributed by atoms with Crippen LogP contribution >= 0.6 is 0 Å². The van der Waals surface area contributed by atoms with Crippen LogP contribution in [0.1, 0.15) is 63.8 Å². The first kappa shape index (κ1) is 25.5. The fourth-order valence-corrected chi connectivity index (χ4v) is 4.64. The standard InChI is InChI=1S/C29H34O2S/c1-21-19-22(2)27(23(3)20-21)25(15-17-28(4,5)6)26(16-18-29(7,8)9)32(30,31)24-13-11-10-12-14-24/h10-14,19-20H,1-9H3. The van der Waals surface area contributed by atoms with E-state index in [0.29, 0.717) is 5.57 Å². The summed E-state index contributed by atoms with van der Waals surface area (Å²) in [5.41, 5.74) is 3.74. The lowest BCUT2D eigenvalue weighted by Crippen LogP contribution is -2.09. The summed E-state index contributed by atoms with van der Waals surface area (Å²) in [5.74, 6) is 12.7. The van der Waals surface area contributed by atoms with Crippen LogP contribution in [0, 0.1) is 55.3 Å². The molecule has 0 aliphatic rings. The van der Waals surface area contributed by atoms with Crippen LogP contribution in [0.3, 0.4) is 0 Å². The molecular weight excluding hydrogens is 412 g/mol. The van der Waals surface area contributed by atoms with Gasteiger partial charge in [0.1, 0.15) is 4.91 Å². The van der Waals surface area contributed by atoms with E-state index in [1.165, 1.54) is 0 Å². The maximum atomic E-state index is 13.8. The lowest BCUT2D eigenvalue weighted by atomic mass is 9.91. The average molecular weight is 447 g/mol. The van der Waals surface area contributed by atoms with Gasteiger partial charge in [-0.1, -0.05) is 59.6 Å². The van der Waals surface area contributed by atoms with Crippen LogP contribution in [0.4, 0.5) is 0 Å². The zero-order chi connectivity index (χ0) is 24.3. The smallest absolute Gasteiger partial charge is 0.215 e. The number of benzene rings is 2. The van der Waals surface area contributed by atoms with E-state index in [2.05, 4.69) is 35.8 Å². The molecule has 0 aliphatic heterocycles. The largest absolute Gasteiger partial charge is 0.218 e. The minimum Gasteiger partial charge on any atom is -0.218 e. The molecule has 0 spiro atoms. The molecule has 0 aromatic heterocycles. The van der Waals surface area contributed by atoms with Crippen molar-refractivity contribution in [2.75, 3.05) is 0 Å². The van der Waals surface area contributed by atoms with E-state index in [4.69, 9.17) is 0 Å². The predicted octanol–water partition coefficient (Wildman–Crippen LogP) is 6.90. The van der Waals surface area contributed by atoms with Crippen LogP contribution in [0.5, 0.6) is 0 Å². The monoisotopic (exact) mass is 446 g/mol. The molecule has 32 heavy (non-hydrogen) atoms. The highest BCUT2D eigenvalue weighted by Crippen LogP contribution is 2.32. The Kier molecular flexibility index (Phi) is 7.49. The fraction of sp³-hybridized carbons (Fsp3) is 0.379. The predicted molar refractivity (Wildman–Crippen MR) is 136 cm³/mol. The van der Waals surface area contributed by atoms with Crippen molar-refractivity contribution < 1.29 is 8.42 Å². The molecule has 2 nitrogen and oxygen atoms in total. The summed E-state index contributed by atoms with van der Waals surface area (Å²) in [6.07, 6.45) is 0. The minimum atomic E-state index is -3.88. The number of rotatable bonds is 3. The Morgan fingerprint density at radius 1 is 0.750 bits per heavy atom.